The minimum Gasteiger partial charge on any atom is -0.303 e. The van der Waals surface area contributed by atoms with Gasteiger partial charge in [-0.25, -0.2) is 4.39 Å². The normalized spacial score (nSPS) is 19.0. The summed E-state index contributed by atoms with van der Waals surface area (Å²) in [6.07, 6.45) is 5.59. The highest BCUT2D eigenvalue weighted by molar-refractivity contribution is 5.60. The number of hydrogen-bond donors (Lipinski definition) is 0. The van der Waals surface area contributed by atoms with Gasteiger partial charge in [0.25, 0.3) is 0 Å². The predicted molar refractivity (Wildman–Crippen MR) is 57.1 cm³/mol. The second-order valence-electron chi connectivity index (χ2n) is 4.46. The summed E-state index contributed by atoms with van der Waals surface area (Å²) in [5, 5.41) is 0. The maximum Gasteiger partial charge on any atom is 0.126 e. The minimum atomic E-state index is -0.289. The van der Waals surface area contributed by atoms with Crippen molar-refractivity contribution in [3.8, 4) is 0 Å². The van der Waals surface area contributed by atoms with Crippen molar-refractivity contribution in [3.63, 3.8) is 0 Å². The molecule has 0 unspecified atom stereocenters. The lowest BCUT2D eigenvalue weighted by molar-refractivity contribution is -0.115. The van der Waals surface area contributed by atoms with Crippen molar-refractivity contribution in [2.24, 2.45) is 5.41 Å². The van der Waals surface area contributed by atoms with Crippen molar-refractivity contribution in [2.45, 2.75) is 32.1 Å². The lowest BCUT2D eigenvalue weighted by Gasteiger charge is -2.21. The van der Waals surface area contributed by atoms with E-state index < -0.39 is 0 Å². The zero-order valence-electron chi connectivity index (χ0n) is 8.71. The quantitative estimate of drug-likeness (QED) is 0.694. The lowest BCUT2D eigenvalue weighted by atomic mass is 9.81. The van der Waals surface area contributed by atoms with Gasteiger partial charge in [-0.2, -0.15) is 0 Å². The van der Waals surface area contributed by atoms with E-state index in [4.69, 9.17) is 0 Å². The van der Waals surface area contributed by atoms with Crippen LogP contribution in [0.1, 0.15) is 31.2 Å². The number of carbonyl (C=O) groups excluding carboxylic acids is 1. The Labute approximate surface area is 89.3 Å². The standard InChI is InChI=1S/C13H15FO/c14-12-6-2-1-5-11(12)9-13(10-15)7-3-4-8-13/h1-2,5-6,10H,3-4,7-9H2. The molecule has 0 spiro atoms. The highest BCUT2D eigenvalue weighted by atomic mass is 19.1. The molecule has 0 atom stereocenters. The fraction of sp³-hybridized carbons (Fsp3) is 0.462. The molecular formula is C13H15FO. The van der Waals surface area contributed by atoms with Gasteiger partial charge in [-0.3, -0.25) is 0 Å². The molecule has 1 aliphatic carbocycles. The minimum absolute atomic E-state index is 0.189. The van der Waals surface area contributed by atoms with Crippen molar-refractivity contribution in [2.75, 3.05) is 0 Å². The molecule has 0 N–H and O–H groups in total. The SMILES string of the molecule is O=CC1(Cc2ccccc2F)CCCC1. The third kappa shape index (κ3) is 2.09. The van der Waals surface area contributed by atoms with Crippen molar-refractivity contribution < 1.29 is 9.18 Å². The third-order valence-corrected chi connectivity index (χ3v) is 3.35. The van der Waals surface area contributed by atoms with Crippen molar-refractivity contribution in [3.05, 3.63) is 35.6 Å². The van der Waals surface area contributed by atoms with Crippen molar-refractivity contribution >= 4 is 6.29 Å². The van der Waals surface area contributed by atoms with Crippen LogP contribution in [-0.4, -0.2) is 6.29 Å². The molecule has 1 aliphatic rings. The summed E-state index contributed by atoms with van der Waals surface area (Å²) in [4.78, 5) is 11.1. The molecule has 80 valence electrons. The van der Waals surface area contributed by atoms with E-state index in [0.717, 1.165) is 32.0 Å². The van der Waals surface area contributed by atoms with Crippen molar-refractivity contribution in [1.82, 2.24) is 0 Å². The molecule has 1 nitrogen and oxygen atoms in total. The molecule has 0 aromatic heterocycles. The smallest absolute Gasteiger partial charge is 0.126 e. The van der Waals surface area contributed by atoms with Gasteiger partial charge in [0.15, 0.2) is 0 Å². The van der Waals surface area contributed by atoms with Gasteiger partial charge in [0, 0.05) is 5.41 Å². The van der Waals surface area contributed by atoms with E-state index in [-0.39, 0.29) is 11.2 Å². The van der Waals surface area contributed by atoms with E-state index >= 15 is 0 Å². The Balaban J connectivity index is 2.20. The summed E-state index contributed by atoms with van der Waals surface area (Å²) in [7, 11) is 0. The van der Waals surface area contributed by atoms with Gasteiger partial charge >= 0.3 is 0 Å². The van der Waals surface area contributed by atoms with E-state index in [9.17, 15) is 9.18 Å². The molecular weight excluding hydrogens is 191 g/mol. The van der Waals surface area contributed by atoms with Gasteiger partial charge in [-0.05, 0) is 30.9 Å². The Morgan fingerprint density at radius 2 is 1.93 bits per heavy atom. The molecule has 0 amide bonds. The number of rotatable bonds is 3. The second kappa shape index (κ2) is 4.13. The van der Waals surface area contributed by atoms with Crippen LogP contribution in [0.3, 0.4) is 0 Å². The lowest BCUT2D eigenvalue weighted by Crippen LogP contribution is -2.21. The Morgan fingerprint density at radius 1 is 1.27 bits per heavy atom. The number of aldehydes is 1. The van der Waals surface area contributed by atoms with Gasteiger partial charge in [0.1, 0.15) is 12.1 Å². The summed E-state index contributed by atoms with van der Waals surface area (Å²) < 4.78 is 13.4. The molecule has 2 heteroatoms. The molecule has 0 saturated heterocycles. The summed E-state index contributed by atoms with van der Waals surface area (Å²) in [6.45, 7) is 0. The van der Waals surface area contributed by atoms with Gasteiger partial charge in [-0.1, -0.05) is 31.0 Å². The number of carbonyl (C=O) groups is 1. The first kappa shape index (κ1) is 10.3. The predicted octanol–water partition coefficient (Wildman–Crippen LogP) is 3.13. The third-order valence-electron chi connectivity index (χ3n) is 3.35. The average molecular weight is 206 g/mol. The van der Waals surface area contributed by atoms with Crippen LogP contribution >= 0.6 is 0 Å². The highest BCUT2D eigenvalue weighted by Crippen LogP contribution is 2.39. The zero-order valence-corrected chi connectivity index (χ0v) is 8.71. The Morgan fingerprint density at radius 3 is 2.53 bits per heavy atom. The molecule has 15 heavy (non-hydrogen) atoms. The number of benzene rings is 1. The molecule has 1 aromatic carbocycles. The van der Waals surface area contributed by atoms with Crippen LogP contribution in [-0.2, 0) is 11.2 Å². The molecule has 1 saturated carbocycles. The molecule has 0 heterocycles. The Kier molecular flexibility index (Phi) is 2.85. The van der Waals surface area contributed by atoms with Crippen LogP contribution < -0.4 is 0 Å². The molecule has 0 aliphatic heterocycles. The number of hydrogen-bond acceptors (Lipinski definition) is 1. The van der Waals surface area contributed by atoms with E-state index in [1.807, 2.05) is 6.07 Å². The van der Waals surface area contributed by atoms with Gasteiger partial charge < -0.3 is 4.79 Å². The van der Waals surface area contributed by atoms with Crippen LogP contribution in [0.15, 0.2) is 24.3 Å². The zero-order chi connectivity index (χ0) is 10.7. The second-order valence-corrected chi connectivity index (χ2v) is 4.46. The van der Waals surface area contributed by atoms with Crippen LogP contribution in [0.4, 0.5) is 4.39 Å². The van der Waals surface area contributed by atoms with Crippen LogP contribution in [0, 0.1) is 11.2 Å². The van der Waals surface area contributed by atoms with Crippen LogP contribution in [0.25, 0.3) is 0 Å². The monoisotopic (exact) mass is 206 g/mol. The first-order valence-electron chi connectivity index (χ1n) is 5.45. The Bertz CT molecular complexity index is 353. The fourth-order valence-corrected chi connectivity index (χ4v) is 2.44. The average Bonchev–Trinajstić information content (AvgIpc) is 2.71. The summed E-state index contributed by atoms with van der Waals surface area (Å²) in [5.74, 6) is -0.189. The van der Waals surface area contributed by atoms with E-state index in [1.165, 1.54) is 6.07 Å². The topological polar surface area (TPSA) is 17.1 Å². The van der Waals surface area contributed by atoms with E-state index in [1.54, 1.807) is 12.1 Å². The van der Waals surface area contributed by atoms with Crippen LogP contribution in [0.2, 0.25) is 0 Å². The largest absolute Gasteiger partial charge is 0.303 e. The highest BCUT2D eigenvalue weighted by Gasteiger charge is 2.34. The summed E-state index contributed by atoms with van der Waals surface area (Å²) >= 11 is 0. The van der Waals surface area contributed by atoms with E-state index in [2.05, 4.69) is 0 Å². The van der Waals surface area contributed by atoms with Gasteiger partial charge in [-0.15, -0.1) is 0 Å². The molecule has 1 fully saturated rings. The first-order chi connectivity index (χ1) is 7.26. The Hall–Kier alpha value is -1.18. The molecule has 1 aromatic rings. The fourth-order valence-electron chi connectivity index (χ4n) is 2.44. The summed E-state index contributed by atoms with van der Waals surface area (Å²) in [5.41, 5.74) is 0.383. The van der Waals surface area contributed by atoms with E-state index in [0.29, 0.717) is 12.0 Å². The van der Waals surface area contributed by atoms with Crippen molar-refractivity contribution in [1.29, 1.82) is 0 Å². The molecule has 2 rings (SSSR count). The first-order valence-corrected chi connectivity index (χ1v) is 5.45. The summed E-state index contributed by atoms with van der Waals surface area (Å²) in [6, 6.07) is 6.74. The maximum absolute atomic E-state index is 13.4. The molecule has 0 bridgehead atoms. The van der Waals surface area contributed by atoms with Crippen LogP contribution in [0.5, 0.6) is 0 Å². The van der Waals surface area contributed by atoms with Gasteiger partial charge in [0.2, 0.25) is 0 Å². The maximum atomic E-state index is 13.4. The molecule has 0 radical (unpaired) electrons. The van der Waals surface area contributed by atoms with Gasteiger partial charge in [0.05, 0.1) is 0 Å². The number of halogens is 1.